The fourth-order valence-electron chi connectivity index (χ4n) is 3.20. The summed E-state index contributed by atoms with van der Waals surface area (Å²) in [4.78, 5) is 23.6. The van der Waals surface area contributed by atoms with Gasteiger partial charge in [-0.15, -0.1) is 11.8 Å². The van der Waals surface area contributed by atoms with Crippen LogP contribution in [0.4, 0.5) is 0 Å². The third-order valence-electron chi connectivity index (χ3n) is 4.38. The number of nitrogens with one attached hydrogen (secondary N) is 1. The Kier molecular flexibility index (Phi) is 4.43. The second-order valence-corrected chi connectivity index (χ2v) is 7.65. The molecule has 1 amide bonds. The summed E-state index contributed by atoms with van der Waals surface area (Å²) in [7, 11) is 0. The highest BCUT2D eigenvalue weighted by Gasteiger charge is 2.43. The van der Waals surface area contributed by atoms with Crippen LogP contribution in [0.15, 0.2) is 0 Å². The van der Waals surface area contributed by atoms with Gasteiger partial charge in [0.25, 0.3) is 0 Å². The minimum atomic E-state index is -0.813. The molecule has 1 atom stereocenters. The van der Waals surface area contributed by atoms with E-state index in [0.717, 1.165) is 50.7 Å². The fourth-order valence-corrected chi connectivity index (χ4v) is 4.41. The lowest BCUT2D eigenvalue weighted by atomic mass is 9.79. The normalized spacial score (nSPS) is 29.9. The summed E-state index contributed by atoms with van der Waals surface area (Å²) in [6.45, 7) is 1.98. The van der Waals surface area contributed by atoms with Crippen molar-refractivity contribution in [3.63, 3.8) is 0 Å². The van der Waals surface area contributed by atoms with Crippen LogP contribution in [0.1, 0.15) is 58.3 Å². The number of rotatable bonds is 4. The summed E-state index contributed by atoms with van der Waals surface area (Å²) in [5, 5.41) is 12.2. The average molecular weight is 285 g/mol. The Morgan fingerprint density at radius 2 is 1.84 bits per heavy atom. The Hall–Kier alpha value is -0.710. The molecule has 1 heterocycles. The predicted octanol–water partition coefficient (Wildman–Crippen LogP) is 2.57. The van der Waals surface area contributed by atoms with Crippen LogP contribution in [0, 0.1) is 0 Å². The molecule has 2 N–H and O–H groups in total. The maximum atomic E-state index is 12.5. The number of aliphatic carboxylic acids is 1. The van der Waals surface area contributed by atoms with Crippen LogP contribution in [0.3, 0.4) is 0 Å². The lowest BCUT2D eigenvalue weighted by Crippen LogP contribution is -2.55. The van der Waals surface area contributed by atoms with Crippen molar-refractivity contribution in [1.82, 2.24) is 5.32 Å². The molecule has 4 nitrogen and oxygen atoms in total. The summed E-state index contributed by atoms with van der Waals surface area (Å²) in [5.41, 5.74) is -0.507. The van der Waals surface area contributed by atoms with E-state index in [0.29, 0.717) is 0 Å². The molecule has 19 heavy (non-hydrogen) atoms. The molecule has 5 heteroatoms. The van der Waals surface area contributed by atoms with Crippen molar-refractivity contribution in [2.45, 2.75) is 68.6 Å². The highest BCUT2D eigenvalue weighted by atomic mass is 32.2. The van der Waals surface area contributed by atoms with Crippen LogP contribution in [0.5, 0.6) is 0 Å². The molecule has 0 aromatic heterocycles. The number of carbonyl (C=O) groups excluding carboxylic acids is 1. The molecule has 1 saturated heterocycles. The van der Waals surface area contributed by atoms with Gasteiger partial charge in [0.1, 0.15) is 0 Å². The predicted molar refractivity (Wildman–Crippen MR) is 76.3 cm³/mol. The van der Waals surface area contributed by atoms with Gasteiger partial charge in [-0.3, -0.25) is 9.59 Å². The Morgan fingerprint density at radius 3 is 2.37 bits per heavy atom. The number of carboxylic acids is 1. The highest BCUT2D eigenvalue weighted by Crippen LogP contribution is 2.39. The highest BCUT2D eigenvalue weighted by molar-refractivity contribution is 8.01. The summed E-state index contributed by atoms with van der Waals surface area (Å²) in [5.74, 6) is 0.250. The Bertz CT molecular complexity index is 358. The first-order valence-corrected chi connectivity index (χ1v) is 8.13. The molecule has 2 rings (SSSR count). The van der Waals surface area contributed by atoms with E-state index in [1.54, 1.807) is 11.8 Å². The number of carboxylic acid groups (broad SMARTS) is 1. The number of amides is 1. The first-order valence-electron chi connectivity index (χ1n) is 7.14. The van der Waals surface area contributed by atoms with Crippen LogP contribution in [0.25, 0.3) is 0 Å². The van der Waals surface area contributed by atoms with Crippen LogP contribution in [-0.4, -0.2) is 33.0 Å². The van der Waals surface area contributed by atoms with Crippen LogP contribution >= 0.6 is 11.8 Å². The van der Waals surface area contributed by atoms with Crippen LogP contribution in [-0.2, 0) is 9.59 Å². The molecule has 2 aliphatic rings. The molecule has 0 bridgehead atoms. The summed E-state index contributed by atoms with van der Waals surface area (Å²) < 4.78 is -0.358. The molecular formula is C14H23NO3S. The van der Waals surface area contributed by atoms with Crippen molar-refractivity contribution in [3.05, 3.63) is 0 Å². The van der Waals surface area contributed by atoms with E-state index in [-0.39, 0.29) is 17.1 Å². The molecule has 1 saturated carbocycles. The number of hydrogen-bond acceptors (Lipinski definition) is 3. The molecule has 1 aliphatic heterocycles. The van der Waals surface area contributed by atoms with Gasteiger partial charge in [-0.05, 0) is 38.4 Å². The van der Waals surface area contributed by atoms with E-state index < -0.39 is 11.5 Å². The topological polar surface area (TPSA) is 66.4 Å². The zero-order chi connectivity index (χ0) is 13.9. The van der Waals surface area contributed by atoms with E-state index in [4.69, 9.17) is 5.11 Å². The zero-order valence-electron chi connectivity index (χ0n) is 11.5. The smallest absolute Gasteiger partial charge is 0.305 e. The molecule has 0 spiro atoms. The average Bonchev–Trinajstić information content (AvgIpc) is 2.77. The van der Waals surface area contributed by atoms with Crippen LogP contribution in [0.2, 0.25) is 0 Å². The van der Waals surface area contributed by atoms with Gasteiger partial charge in [-0.2, -0.15) is 0 Å². The maximum absolute atomic E-state index is 12.5. The van der Waals surface area contributed by atoms with Gasteiger partial charge in [0.05, 0.1) is 16.7 Å². The maximum Gasteiger partial charge on any atom is 0.305 e. The van der Waals surface area contributed by atoms with Gasteiger partial charge in [0.15, 0.2) is 0 Å². The van der Waals surface area contributed by atoms with Crippen molar-refractivity contribution in [2.24, 2.45) is 0 Å². The Balaban J connectivity index is 2.06. The number of hydrogen-bond donors (Lipinski definition) is 2. The van der Waals surface area contributed by atoms with Crippen molar-refractivity contribution in [3.8, 4) is 0 Å². The van der Waals surface area contributed by atoms with Gasteiger partial charge < -0.3 is 10.4 Å². The first-order chi connectivity index (χ1) is 8.96. The third-order valence-corrected chi connectivity index (χ3v) is 5.90. The lowest BCUT2D eigenvalue weighted by molar-refractivity contribution is -0.139. The summed E-state index contributed by atoms with van der Waals surface area (Å²) in [6, 6.07) is 0. The SMILES string of the molecule is CC1(C(=O)NC2(CC(=O)O)CCCCC2)CCCS1. The first kappa shape index (κ1) is 14.7. The molecule has 108 valence electrons. The molecule has 1 unspecified atom stereocenters. The van der Waals surface area contributed by atoms with E-state index in [2.05, 4.69) is 5.32 Å². The third kappa shape index (κ3) is 3.44. The fraction of sp³-hybridized carbons (Fsp3) is 0.857. The largest absolute Gasteiger partial charge is 0.481 e. The Labute approximate surface area is 118 Å². The second-order valence-electron chi connectivity index (χ2n) is 6.05. The number of carbonyl (C=O) groups is 2. The van der Waals surface area contributed by atoms with E-state index in [9.17, 15) is 9.59 Å². The van der Waals surface area contributed by atoms with E-state index in [1.165, 1.54) is 0 Å². The monoisotopic (exact) mass is 285 g/mol. The second kappa shape index (κ2) is 5.73. The molecule has 2 fully saturated rings. The van der Waals surface area contributed by atoms with Crippen molar-refractivity contribution < 1.29 is 14.7 Å². The zero-order valence-corrected chi connectivity index (χ0v) is 12.4. The minimum absolute atomic E-state index is 0.0400. The van der Waals surface area contributed by atoms with Crippen LogP contribution < -0.4 is 5.32 Å². The summed E-state index contributed by atoms with van der Waals surface area (Å²) in [6.07, 6.45) is 6.78. The quantitative estimate of drug-likeness (QED) is 0.833. The molecule has 0 aromatic rings. The minimum Gasteiger partial charge on any atom is -0.481 e. The van der Waals surface area contributed by atoms with Gasteiger partial charge >= 0.3 is 5.97 Å². The van der Waals surface area contributed by atoms with Gasteiger partial charge in [0.2, 0.25) is 5.91 Å². The molecular weight excluding hydrogens is 262 g/mol. The molecule has 0 radical (unpaired) electrons. The van der Waals surface area contributed by atoms with E-state index >= 15 is 0 Å². The van der Waals surface area contributed by atoms with Crippen molar-refractivity contribution in [2.75, 3.05) is 5.75 Å². The van der Waals surface area contributed by atoms with Crippen molar-refractivity contribution in [1.29, 1.82) is 0 Å². The van der Waals surface area contributed by atoms with Gasteiger partial charge in [-0.25, -0.2) is 0 Å². The Morgan fingerprint density at radius 1 is 1.16 bits per heavy atom. The molecule has 0 aromatic carbocycles. The molecule has 1 aliphatic carbocycles. The van der Waals surface area contributed by atoms with E-state index in [1.807, 2.05) is 6.92 Å². The standard InChI is InChI=1S/C14H23NO3S/c1-13(6-5-9-19-13)12(18)15-14(10-11(16)17)7-3-2-4-8-14/h2-10H2,1H3,(H,15,18)(H,16,17). The van der Waals surface area contributed by atoms with Crippen molar-refractivity contribution >= 4 is 23.6 Å². The summed E-state index contributed by atoms with van der Waals surface area (Å²) >= 11 is 1.70. The lowest BCUT2D eigenvalue weighted by Gasteiger charge is -2.39. The van der Waals surface area contributed by atoms with Gasteiger partial charge in [-0.1, -0.05) is 19.3 Å². The van der Waals surface area contributed by atoms with Gasteiger partial charge in [0, 0.05) is 0 Å². The number of thioether (sulfide) groups is 1.